The van der Waals surface area contributed by atoms with E-state index in [2.05, 4.69) is 54.2 Å². The van der Waals surface area contributed by atoms with Crippen LogP contribution < -0.4 is 14.8 Å². The van der Waals surface area contributed by atoms with E-state index in [0.29, 0.717) is 25.1 Å². The van der Waals surface area contributed by atoms with Crippen molar-refractivity contribution in [2.24, 2.45) is 0 Å². The Bertz CT molecular complexity index is 806. The number of nitrogens with zero attached hydrogens (tertiary/aromatic N) is 3. The molecule has 150 valence electrons. The fourth-order valence-electron chi connectivity index (χ4n) is 4.17. The molecular formula is C22H30N4O2. The highest BCUT2D eigenvalue weighted by molar-refractivity contribution is 5.36. The minimum absolute atomic E-state index is 0.255. The molecule has 4 heterocycles. The van der Waals surface area contributed by atoms with Crippen LogP contribution in [0.4, 0.5) is 0 Å². The van der Waals surface area contributed by atoms with E-state index in [-0.39, 0.29) is 6.04 Å². The summed E-state index contributed by atoms with van der Waals surface area (Å²) in [6, 6.07) is 9.14. The number of pyridine rings is 2. The lowest BCUT2D eigenvalue weighted by Crippen LogP contribution is -2.46. The highest BCUT2D eigenvalue weighted by Crippen LogP contribution is 2.31. The van der Waals surface area contributed by atoms with E-state index in [1.165, 1.54) is 18.4 Å². The molecule has 2 aromatic heterocycles. The minimum Gasteiger partial charge on any atom is -0.484 e. The number of hydrogen-bond acceptors (Lipinski definition) is 6. The Kier molecular flexibility index (Phi) is 5.78. The number of fused-ring (bicyclic) bond motifs is 1. The second kappa shape index (κ2) is 8.45. The first-order valence-corrected chi connectivity index (χ1v) is 10.3. The number of ether oxygens (including phenoxy) is 2. The van der Waals surface area contributed by atoms with Gasteiger partial charge in [-0.1, -0.05) is 0 Å². The lowest BCUT2D eigenvalue weighted by Gasteiger charge is -2.37. The molecule has 0 saturated carbocycles. The third kappa shape index (κ3) is 4.45. The lowest BCUT2D eigenvalue weighted by atomic mass is 10.0. The van der Waals surface area contributed by atoms with Crippen LogP contribution in [0.5, 0.6) is 11.6 Å². The van der Waals surface area contributed by atoms with Gasteiger partial charge in [0.05, 0.1) is 5.69 Å². The largest absolute Gasteiger partial charge is 0.484 e. The average molecular weight is 383 g/mol. The van der Waals surface area contributed by atoms with Crippen LogP contribution in [0, 0.1) is 13.8 Å². The van der Waals surface area contributed by atoms with Gasteiger partial charge in [0, 0.05) is 36.6 Å². The van der Waals surface area contributed by atoms with Gasteiger partial charge in [-0.25, -0.2) is 4.98 Å². The molecule has 0 spiro atoms. The van der Waals surface area contributed by atoms with Gasteiger partial charge in [-0.2, -0.15) is 0 Å². The Morgan fingerprint density at radius 2 is 1.93 bits per heavy atom. The molecule has 4 rings (SSSR count). The van der Waals surface area contributed by atoms with Gasteiger partial charge >= 0.3 is 0 Å². The monoisotopic (exact) mass is 382 g/mol. The Morgan fingerprint density at radius 1 is 1.14 bits per heavy atom. The predicted molar refractivity (Wildman–Crippen MR) is 109 cm³/mol. The van der Waals surface area contributed by atoms with Gasteiger partial charge < -0.3 is 14.8 Å². The summed E-state index contributed by atoms with van der Waals surface area (Å²) in [6.45, 7) is 10.5. The van der Waals surface area contributed by atoms with E-state index in [4.69, 9.17) is 14.5 Å². The molecule has 1 N–H and O–H groups in total. The van der Waals surface area contributed by atoms with Gasteiger partial charge in [0.1, 0.15) is 13.2 Å². The van der Waals surface area contributed by atoms with Gasteiger partial charge in [0.15, 0.2) is 5.75 Å². The van der Waals surface area contributed by atoms with Crippen molar-refractivity contribution >= 4 is 0 Å². The van der Waals surface area contributed by atoms with Crippen molar-refractivity contribution < 1.29 is 9.47 Å². The van der Waals surface area contributed by atoms with Crippen LogP contribution >= 0.6 is 0 Å². The summed E-state index contributed by atoms with van der Waals surface area (Å²) in [6.07, 6.45) is 2.40. The maximum atomic E-state index is 5.66. The number of hydrogen-bond donors (Lipinski definition) is 1. The van der Waals surface area contributed by atoms with E-state index in [1.807, 2.05) is 6.07 Å². The highest BCUT2D eigenvalue weighted by atomic mass is 16.6. The molecule has 0 aliphatic carbocycles. The van der Waals surface area contributed by atoms with Crippen LogP contribution in [-0.2, 0) is 6.54 Å². The van der Waals surface area contributed by atoms with Crippen LogP contribution in [-0.4, -0.2) is 47.2 Å². The number of nitrogens with one attached hydrogen (secondary N) is 1. The summed E-state index contributed by atoms with van der Waals surface area (Å²) in [5.74, 6) is 1.38. The minimum atomic E-state index is 0.255. The summed E-state index contributed by atoms with van der Waals surface area (Å²) in [4.78, 5) is 11.7. The van der Waals surface area contributed by atoms with Crippen LogP contribution in [0.25, 0.3) is 0 Å². The maximum absolute atomic E-state index is 5.66. The van der Waals surface area contributed by atoms with Crippen LogP contribution in [0.3, 0.4) is 0 Å². The smallest absolute Gasteiger partial charge is 0.257 e. The zero-order chi connectivity index (χ0) is 19.5. The van der Waals surface area contributed by atoms with Crippen molar-refractivity contribution in [2.75, 3.05) is 26.3 Å². The second-order valence-electron chi connectivity index (χ2n) is 7.89. The third-order valence-electron chi connectivity index (χ3n) is 5.59. The van der Waals surface area contributed by atoms with E-state index in [1.54, 1.807) is 0 Å². The van der Waals surface area contributed by atoms with Crippen molar-refractivity contribution in [3.8, 4) is 11.6 Å². The van der Waals surface area contributed by atoms with Gasteiger partial charge in [0.25, 0.3) is 5.88 Å². The summed E-state index contributed by atoms with van der Waals surface area (Å²) in [5, 5.41) is 3.74. The average Bonchev–Trinajstić information content (AvgIpc) is 2.71. The molecule has 2 aromatic rings. The molecule has 0 bridgehead atoms. The molecule has 6 heteroatoms. The second-order valence-corrected chi connectivity index (χ2v) is 7.89. The van der Waals surface area contributed by atoms with Crippen LogP contribution in [0.1, 0.15) is 48.5 Å². The predicted octanol–water partition coefficient (Wildman–Crippen LogP) is 3.18. The summed E-state index contributed by atoms with van der Waals surface area (Å²) in [5.41, 5.74) is 4.52. The zero-order valence-electron chi connectivity index (χ0n) is 17.1. The lowest BCUT2D eigenvalue weighted by molar-refractivity contribution is 0.138. The summed E-state index contributed by atoms with van der Waals surface area (Å²) in [7, 11) is 0. The van der Waals surface area contributed by atoms with Crippen molar-refractivity contribution in [3.63, 3.8) is 0 Å². The first-order chi connectivity index (χ1) is 13.6. The molecule has 0 aromatic carbocycles. The van der Waals surface area contributed by atoms with Crippen molar-refractivity contribution in [3.05, 3.63) is 46.9 Å². The summed E-state index contributed by atoms with van der Waals surface area (Å²) < 4.78 is 11.3. The van der Waals surface area contributed by atoms with Gasteiger partial charge in [0.2, 0.25) is 0 Å². The highest BCUT2D eigenvalue weighted by Gasteiger charge is 2.26. The van der Waals surface area contributed by atoms with Crippen molar-refractivity contribution in [1.29, 1.82) is 0 Å². The molecule has 0 radical (unpaired) electrons. The zero-order valence-corrected chi connectivity index (χ0v) is 17.1. The number of likely N-dealkylation sites (tertiary alicyclic amines) is 1. The van der Waals surface area contributed by atoms with Gasteiger partial charge in [-0.15, -0.1) is 0 Å². The Hall–Kier alpha value is -2.18. The Balaban J connectivity index is 1.37. The third-order valence-corrected chi connectivity index (χ3v) is 5.59. The van der Waals surface area contributed by atoms with Crippen molar-refractivity contribution in [2.45, 2.75) is 52.2 Å². The molecular weight excluding hydrogens is 352 g/mol. The molecule has 28 heavy (non-hydrogen) atoms. The molecule has 2 aliphatic heterocycles. The van der Waals surface area contributed by atoms with E-state index in [9.17, 15) is 0 Å². The standard InChI is InChI=1S/C22H30N4O2/c1-15-11-18(12-16(2)24-15)13-23-19-5-4-8-26(14-19)17(3)20-6-7-21-22(25-20)28-10-9-27-21/h6-7,11-12,17,19,23H,4-5,8-10,13-14H2,1-3H3/t17?,19-/m0/s1. The maximum Gasteiger partial charge on any atom is 0.257 e. The van der Waals surface area contributed by atoms with E-state index in [0.717, 1.165) is 42.5 Å². The molecule has 0 amide bonds. The molecule has 1 saturated heterocycles. The molecule has 2 atom stereocenters. The van der Waals surface area contributed by atoms with Crippen LogP contribution in [0.2, 0.25) is 0 Å². The van der Waals surface area contributed by atoms with Gasteiger partial charge in [-0.05, 0) is 70.0 Å². The normalized spacial score (nSPS) is 20.8. The number of piperidine rings is 1. The number of aryl methyl sites for hydroxylation is 2. The first-order valence-electron chi connectivity index (χ1n) is 10.3. The molecule has 6 nitrogen and oxygen atoms in total. The fraction of sp³-hybridized carbons (Fsp3) is 0.545. The Labute approximate surface area is 167 Å². The van der Waals surface area contributed by atoms with E-state index < -0.39 is 0 Å². The first kappa shape index (κ1) is 19.2. The number of rotatable bonds is 5. The molecule has 1 unspecified atom stereocenters. The van der Waals surface area contributed by atoms with Crippen molar-refractivity contribution in [1.82, 2.24) is 20.2 Å². The SMILES string of the molecule is Cc1cc(CN[C@H]2CCCN(C(C)c3ccc4c(n3)OCCO4)C2)cc(C)n1. The topological polar surface area (TPSA) is 59.5 Å². The molecule has 1 fully saturated rings. The Morgan fingerprint density at radius 3 is 2.75 bits per heavy atom. The molecule has 2 aliphatic rings. The fourth-order valence-corrected chi connectivity index (χ4v) is 4.17. The van der Waals surface area contributed by atoms with Gasteiger partial charge in [-0.3, -0.25) is 9.88 Å². The van der Waals surface area contributed by atoms with Crippen LogP contribution in [0.15, 0.2) is 24.3 Å². The number of aromatic nitrogens is 2. The summed E-state index contributed by atoms with van der Waals surface area (Å²) >= 11 is 0. The van der Waals surface area contributed by atoms with E-state index >= 15 is 0 Å². The quantitative estimate of drug-likeness (QED) is 0.857.